The lowest BCUT2D eigenvalue weighted by atomic mass is 9.96. The van der Waals surface area contributed by atoms with Crippen molar-refractivity contribution in [3.05, 3.63) is 94.5 Å². The molecule has 4 nitrogen and oxygen atoms in total. The van der Waals surface area contributed by atoms with Crippen molar-refractivity contribution in [3.63, 3.8) is 0 Å². The van der Waals surface area contributed by atoms with Crippen LogP contribution >= 0.6 is 11.6 Å². The van der Waals surface area contributed by atoms with Crippen LogP contribution in [0, 0.1) is 0 Å². The van der Waals surface area contributed by atoms with Crippen molar-refractivity contribution in [2.45, 2.75) is 18.7 Å². The van der Waals surface area contributed by atoms with Crippen molar-refractivity contribution < 1.29 is 9.47 Å². The molecular formula is C23H19ClN2O2. The summed E-state index contributed by atoms with van der Waals surface area (Å²) in [4.78, 5) is 0. The first-order chi connectivity index (χ1) is 13.7. The van der Waals surface area contributed by atoms with Gasteiger partial charge < -0.3 is 9.47 Å². The summed E-state index contributed by atoms with van der Waals surface area (Å²) in [7, 11) is 1.68. The summed E-state index contributed by atoms with van der Waals surface area (Å²) in [6, 6.07) is 24.1. The highest BCUT2D eigenvalue weighted by Gasteiger charge is 2.41. The molecule has 0 spiro atoms. The second-order valence-corrected chi connectivity index (χ2v) is 7.34. The van der Waals surface area contributed by atoms with Crippen LogP contribution in [-0.4, -0.2) is 17.8 Å². The molecule has 2 aliphatic rings. The number of hydrogen-bond acceptors (Lipinski definition) is 4. The molecule has 0 saturated carbocycles. The van der Waals surface area contributed by atoms with Crippen LogP contribution in [0.4, 0.5) is 0 Å². The number of hydrogen-bond donors (Lipinski definition) is 0. The lowest BCUT2D eigenvalue weighted by Crippen LogP contribution is -2.33. The Morgan fingerprint density at radius 3 is 2.61 bits per heavy atom. The lowest BCUT2D eigenvalue weighted by Gasteiger charge is -2.38. The first-order valence-corrected chi connectivity index (χ1v) is 9.62. The molecule has 0 N–H and O–H groups in total. The quantitative estimate of drug-likeness (QED) is 0.584. The molecule has 0 aromatic heterocycles. The van der Waals surface area contributed by atoms with Gasteiger partial charge in [0, 0.05) is 17.0 Å². The number of fused-ring (bicyclic) bond motifs is 3. The average molecular weight is 391 g/mol. The van der Waals surface area contributed by atoms with Crippen molar-refractivity contribution >= 4 is 17.3 Å². The topological polar surface area (TPSA) is 34.1 Å². The Balaban J connectivity index is 1.62. The number of rotatable bonds is 3. The molecule has 0 radical (unpaired) electrons. The van der Waals surface area contributed by atoms with Gasteiger partial charge in [-0.25, -0.2) is 5.01 Å². The number of benzene rings is 3. The van der Waals surface area contributed by atoms with Crippen molar-refractivity contribution in [1.82, 2.24) is 5.01 Å². The summed E-state index contributed by atoms with van der Waals surface area (Å²) in [5.41, 5.74) is 4.15. The molecule has 0 fully saturated rings. The van der Waals surface area contributed by atoms with Gasteiger partial charge >= 0.3 is 0 Å². The van der Waals surface area contributed by atoms with Crippen LogP contribution in [0.3, 0.4) is 0 Å². The van der Waals surface area contributed by atoms with Gasteiger partial charge in [-0.05, 0) is 35.9 Å². The summed E-state index contributed by atoms with van der Waals surface area (Å²) in [5.74, 6) is 1.68. The predicted molar refractivity (Wildman–Crippen MR) is 110 cm³/mol. The Labute approximate surface area is 169 Å². The highest BCUT2D eigenvalue weighted by molar-refractivity contribution is 6.31. The molecule has 2 heterocycles. The second-order valence-electron chi connectivity index (χ2n) is 6.91. The van der Waals surface area contributed by atoms with Crippen molar-refractivity contribution in [2.75, 3.05) is 7.11 Å². The Morgan fingerprint density at radius 1 is 1.00 bits per heavy atom. The largest absolute Gasteiger partial charge is 0.496 e. The fourth-order valence-corrected chi connectivity index (χ4v) is 4.14. The van der Waals surface area contributed by atoms with E-state index in [0.29, 0.717) is 5.02 Å². The minimum atomic E-state index is -0.354. The Bertz CT molecular complexity index is 1070. The molecule has 5 heteroatoms. The van der Waals surface area contributed by atoms with E-state index in [4.69, 9.17) is 26.2 Å². The molecule has 0 amide bonds. The van der Waals surface area contributed by atoms with Gasteiger partial charge in [-0.1, -0.05) is 54.1 Å². The Morgan fingerprint density at radius 2 is 1.79 bits per heavy atom. The number of para-hydroxylation sites is 2. The SMILES string of the molecule is COc1ccccc1[C@@H]1Oc2ccccc2[C@H]2CC(c3cccc(Cl)c3)=NN21. The Kier molecular flexibility index (Phi) is 4.21. The zero-order valence-electron chi connectivity index (χ0n) is 15.4. The van der Waals surface area contributed by atoms with Crippen molar-refractivity contribution in [2.24, 2.45) is 5.10 Å². The first kappa shape index (κ1) is 17.1. The molecule has 0 aliphatic carbocycles. The number of halogens is 1. The predicted octanol–water partition coefficient (Wildman–Crippen LogP) is 5.59. The molecule has 3 aromatic rings. The van der Waals surface area contributed by atoms with Gasteiger partial charge in [-0.3, -0.25) is 0 Å². The standard InChI is InChI=1S/C23H19ClN2O2/c1-27-21-11-4-3-10-18(21)23-26-20(17-9-2-5-12-22(17)28-23)14-19(25-26)15-7-6-8-16(24)13-15/h2-13,20,23H,14H2,1H3/t20-,23+/m1/s1. The highest BCUT2D eigenvalue weighted by Crippen LogP contribution is 2.48. The third-order valence-corrected chi connectivity index (χ3v) is 5.50. The maximum absolute atomic E-state index is 6.40. The summed E-state index contributed by atoms with van der Waals surface area (Å²) in [6.45, 7) is 0. The minimum absolute atomic E-state index is 0.105. The highest BCUT2D eigenvalue weighted by atomic mass is 35.5. The fourth-order valence-electron chi connectivity index (χ4n) is 3.95. The zero-order valence-corrected chi connectivity index (χ0v) is 16.1. The van der Waals surface area contributed by atoms with Gasteiger partial charge in [0.15, 0.2) is 0 Å². The van der Waals surface area contributed by atoms with Crippen LogP contribution in [0.2, 0.25) is 5.02 Å². The monoisotopic (exact) mass is 390 g/mol. The third-order valence-electron chi connectivity index (χ3n) is 5.26. The van der Waals surface area contributed by atoms with Gasteiger partial charge in [0.25, 0.3) is 0 Å². The van der Waals surface area contributed by atoms with Crippen LogP contribution in [0.1, 0.15) is 35.4 Å². The van der Waals surface area contributed by atoms with Gasteiger partial charge in [-0.2, -0.15) is 5.10 Å². The summed E-state index contributed by atoms with van der Waals surface area (Å²) in [6.07, 6.45) is 0.444. The van der Waals surface area contributed by atoms with Gasteiger partial charge in [0.1, 0.15) is 11.5 Å². The molecule has 3 aromatic carbocycles. The summed E-state index contributed by atoms with van der Waals surface area (Å²) >= 11 is 6.21. The maximum atomic E-state index is 6.40. The molecule has 0 unspecified atom stereocenters. The van der Waals surface area contributed by atoms with Gasteiger partial charge in [0.2, 0.25) is 6.23 Å². The molecule has 5 rings (SSSR count). The van der Waals surface area contributed by atoms with E-state index in [1.165, 1.54) is 0 Å². The number of ether oxygens (including phenoxy) is 2. The first-order valence-electron chi connectivity index (χ1n) is 9.25. The lowest BCUT2D eigenvalue weighted by molar-refractivity contribution is -0.0203. The number of methoxy groups -OCH3 is 1. The van der Waals surface area contributed by atoms with E-state index in [1.807, 2.05) is 66.7 Å². The van der Waals surface area contributed by atoms with E-state index in [2.05, 4.69) is 11.1 Å². The molecule has 28 heavy (non-hydrogen) atoms. The molecule has 140 valence electrons. The fraction of sp³-hybridized carbons (Fsp3) is 0.174. The number of hydrazone groups is 1. The summed E-state index contributed by atoms with van der Waals surface area (Å²) in [5, 5.41) is 7.73. The van der Waals surface area contributed by atoms with E-state index >= 15 is 0 Å². The minimum Gasteiger partial charge on any atom is -0.496 e. The van der Waals surface area contributed by atoms with Crippen LogP contribution in [-0.2, 0) is 0 Å². The average Bonchev–Trinajstić information content (AvgIpc) is 3.19. The van der Waals surface area contributed by atoms with Crippen LogP contribution < -0.4 is 9.47 Å². The van der Waals surface area contributed by atoms with E-state index in [9.17, 15) is 0 Å². The summed E-state index contributed by atoms with van der Waals surface area (Å²) < 4.78 is 12.0. The van der Waals surface area contributed by atoms with E-state index < -0.39 is 0 Å². The number of nitrogens with zero attached hydrogens (tertiary/aromatic N) is 2. The normalized spacial score (nSPS) is 20.1. The van der Waals surface area contributed by atoms with Crippen LogP contribution in [0.15, 0.2) is 77.9 Å². The molecule has 2 atom stereocenters. The van der Waals surface area contributed by atoms with Gasteiger partial charge in [0.05, 0.1) is 24.4 Å². The molecular weight excluding hydrogens is 372 g/mol. The second kappa shape index (κ2) is 6.88. The molecule has 0 bridgehead atoms. The van der Waals surface area contributed by atoms with Crippen molar-refractivity contribution in [1.29, 1.82) is 0 Å². The molecule has 0 saturated heterocycles. The van der Waals surface area contributed by atoms with Crippen molar-refractivity contribution in [3.8, 4) is 11.5 Å². The van der Waals surface area contributed by atoms with E-state index in [1.54, 1.807) is 7.11 Å². The Hall–Kier alpha value is -2.98. The zero-order chi connectivity index (χ0) is 19.1. The van der Waals surface area contributed by atoms with Crippen LogP contribution in [0.25, 0.3) is 0 Å². The van der Waals surface area contributed by atoms with Crippen LogP contribution in [0.5, 0.6) is 11.5 Å². The van der Waals surface area contributed by atoms with E-state index in [0.717, 1.165) is 40.3 Å². The third kappa shape index (κ3) is 2.81. The van der Waals surface area contributed by atoms with Gasteiger partial charge in [-0.15, -0.1) is 0 Å². The molecule has 2 aliphatic heterocycles. The van der Waals surface area contributed by atoms with E-state index in [-0.39, 0.29) is 12.3 Å². The smallest absolute Gasteiger partial charge is 0.217 e. The maximum Gasteiger partial charge on any atom is 0.217 e.